The minimum atomic E-state index is -0.217. The molecule has 160 valence electrons. The molecule has 0 aliphatic carbocycles. The average Bonchev–Trinajstić information content (AvgIpc) is 2.84. The number of rotatable bonds is 8. The number of anilines is 1. The number of hydrogen-bond acceptors (Lipinski definition) is 3. The van der Waals surface area contributed by atoms with Gasteiger partial charge < -0.3 is 14.8 Å². The lowest BCUT2D eigenvalue weighted by atomic mass is 10.0. The van der Waals surface area contributed by atoms with E-state index in [9.17, 15) is 4.79 Å². The number of ether oxygens (including phenoxy) is 2. The van der Waals surface area contributed by atoms with Crippen LogP contribution in [-0.4, -0.2) is 12.5 Å². The van der Waals surface area contributed by atoms with Crippen molar-refractivity contribution in [2.24, 2.45) is 0 Å². The van der Waals surface area contributed by atoms with Gasteiger partial charge >= 0.3 is 0 Å². The second-order valence-corrected chi connectivity index (χ2v) is 7.53. The number of amides is 1. The van der Waals surface area contributed by atoms with Gasteiger partial charge in [-0.25, -0.2) is 0 Å². The van der Waals surface area contributed by atoms with Gasteiger partial charge in [-0.15, -0.1) is 0 Å². The summed E-state index contributed by atoms with van der Waals surface area (Å²) in [7, 11) is 0. The molecular weight excluding hydrogens is 398 g/mol. The first kappa shape index (κ1) is 21.2. The van der Waals surface area contributed by atoms with Crippen LogP contribution in [0.15, 0.2) is 103 Å². The summed E-state index contributed by atoms with van der Waals surface area (Å²) in [5, 5.41) is 2.84. The average molecular weight is 424 g/mol. The molecule has 4 heteroatoms. The number of carbonyl (C=O) groups is 1. The van der Waals surface area contributed by atoms with E-state index in [-0.39, 0.29) is 12.5 Å². The van der Waals surface area contributed by atoms with Gasteiger partial charge in [0.05, 0.1) is 0 Å². The van der Waals surface area contributed by atoms with E-state index in [2.05, 4.69) is 36.5 Å². The van der Waals surface area contributed by atoms with E-state index in [0.29, 0.717) is 18.0 Å². The second-order valence-electron chi connectivity index (χ2n) is 7.53. The van der Waals surface area contributed by atoms with Crippen LogP contribution in [0.4, 0.5) is 5.69 Å². The summed E-state index contributed by atoms with van der Waals surface area (Å²) in [4.78, 5) is 12.2. The molecule has 32 heavy (non-hydrogen) atoms. The molecule has 4 nitrogen and oxygen atoms in total. The molecule has 1 N–H and O–H groups in total. The number of aryl methyl sites for hydroxylation is 1. The van der Waals surface area contributed by atoms with Crippen LogP contribution < -0.4 is 14.8 Å². The third kappa shape index (κ3) is 5.99. The van der Waals surface area contributed by atoms with Gasteiger partial charge in [-0.3, -0.25) is 4.79 Å². The number of carbonyl (C=O) groups excluding carboxylic acids is 1. The summed E-state index contributed by atoms with van der Waals surface area (Å²) in [5.74, 6) is 1.18. The Morgan fingerprint density at radius 1 is 0.688 bits per heavy atom. The van der Waals surface area contributed by atoms with Crippen molar-refractivity contribution in [3.8, 4) is 22.6 Å². The maximum Gasteiger partial charge on any atom is 0.262 e. The van der Waals surface area contributed by atoms with Crippen LogP contribution in [0.1, 0.15) is 11.1 Å². The maximum atomic E-state index is 12.2. The van der Waals surface area contributed by atoms with E-state index in [4.69, 9.17) is 9.47 Å². The fraction of sp³-hybridized carbons (Fsp3) is 0.107. The van der Waals surface area contributed by atoms with Gasteiger partial charge in [-0.2, -0.15) is 0 Å². The maximum absolute atomic E-state index is 12.2. The normalized spacial score (nSPS) is 10.4. The van der Waals surface area contributed by atoms with E-state index in [1.165, 1.54) is 5.56 Å². The molecule has 0 heterocycles. The lowest BCUT2D eigenvalue weighted by Crippen LogP contribution is -2.20. The van der Waals surface area contributed by atoms with Gasteiger partial charge in [0.2, 0.25) is 0 Å². The van der Waals surface area contributed by atoms with Crippen molar-refractivity contribution in [1.29, 1.82) is 0 Å². The van der Waals surface area contributed by atoms with Gasteiger partial charge in [-0.1, -0.05) is 72.3 Å². The van der Waals surface area contributed by atoms with Crippen molar-refractivity contribution in [2.75, 3.05) is 11.9 Å². The van der Waals surface area contributed by atoms with Crippen LogP contribution >= 0.6 is 0 Å². The van der Waals surface area contributed by atoms with Crippen LogP contribution in [0.2, 0.25) is 0 Å². The Hall–Kier alpha value is -4.05. The Morgan fingerprint density at radius 3 is 1.91 bits per heavy atom. The molecule has 0 saturated heterocycles. The molecule has 4 aromatic carbocycles. The Labute approximate surface area is 188 Å². The SMILES string of the molecule is Cc1ccc(-c2ccc(OCC(=O)Nc3ccc(OCc4ccccc4)cc3)cc2)cc1. The predicted octanol–water partition coefficient (Wildman–Crippen LogP) is 6.26. The quantitative estimate of drug-likeness (QED) is 0.364. The van der Waals surface area contributed by atoms with Crippen molar-refractivity contribution >= 4 is 11.6 Å². The molecule has 0 aliphatic heterocycles. The summed E-state index contributed by atoms with van der Waals surface area (Å²) >= 11 is 0. The molecule has 0 spiro atoms. The van der Waals surface area contributed by atoms with Crippen molar-refractivity contribution in [3.63, 3.8) is 0 Å². The molecular formula is C28H25NO3. The molecule has 4 rings (SSSR count). The largest absolute Gasteiger partial charge is 0.489 e. The monoisotopic (exact) mass is 423 g/mol. The van der Waals surface area contributed by atoms with E-state index in [1.807, 2.05) is 78.9 Å². The second kappa shape index (κ2) is 10.3. The molecule has 1 amide bonds. The van der Waals surface area contributed by atoms with Crippen LogP contribution in [0.3, 0.4) is 0 Å². The topological polar surface area (TPSA) is 47.6 Å². The molecule has 4 aromatic rings. The molecule has 0 unspecified atom stereocenters. The Morgan fingerprint density at radius 2 is 1.25 bits per heavy atom. The van der Waals surface area contributed by atoms with Gasteiger partial charge in [0, 0.05) is 5.69 Å². The minimum Gasteiger partial charge on any atom is -0.489 e. The van der Waals surface area contributed by atoms with Crippen molar-refractivity contribution in [1.82, 2.24) is 0 Å². The zero-order chi connectivity index (χ0) is 22.2. The molecule has 0 atom stereocenters. The summed E-state index contributed by atoms with van der Waals surface area (Å²) in [5.41, 5.74) is 5.29. The first-order chi connectivity index (χ1) is 15.7. The van der Waals surface area contributed by atoms with Crippen molar-refractivity contribution in [3.05, 3.63) is 114 Å². The first-order valence-corrected chi connectivity index (χ1v) is 10.5. The Balaban J connectivity index is 1.24. The van der Waals surface area contributed by atoms with E-state index < -0.39 is 0 Å². The van der Waals surface area contributed by atoms with E-state index in [1.54, 1.807) is 0 Å². The van der Waals surface area contributed by atoms with Gasteiger partial charge in [-0.05, 0) is 60.0 Å². The number of benzene rings is 4. The standard InChI is InChI=1S/C28H25NO3/c1-21-7-9-23(10-8-21)24-11-15-26(16-12-24)32-20-28(30)29-25-13-17-27(18-14-25)31-19-22-5-3-2-4-6-22/h2-18H,19-20H2,1H3,(H,29,30). The Bertz CT molecular complexity index is 1140. The summed E-state index contributed by atoms with van der Waals surface area (Å²) in [6.45, 7) is 2.51. The lowest BCUT2D eigenvalue weighted by molar-refractivity contribution is -0.118. The molecule has 0 aliphatic rings. The van der Waals surface area contributed by atoms with Gasteiger partial charge in [0.15, 0.2) is 6.61 Å². The third-order valence-electron chi connectivity index (χ3n) is 5.00. The first-order valence-electron chi connectivity index (χ1n) is 10.5. The van der Waals surface area contributed by atoms with E-state index >= 15 is 0 Å². The van der Waals surface area contributed by atoms with Crippen molar-refractivity contribution < 1.29 is 14.3 Å². The molecule has 0 aromatic heterocycles. The minimum absolute atomic E-state index is 0.0594. The molecule has 0 fully saturated rings. The van der Waals surface area contributed by atoms with Crippen molar-refractivity contribution in [2.45, 2.75) is 13.5 Å². The molecule has 0 bridgehead atoms. The van der Waals surface area contributed by atoms with Gasteiger partial charge in [0.25, 0.3) is 5.91 Å². The van der Waals surface area contributed by atoms with Crippen LogP contribution in [-0.2, 0) is 11.4 Å². The van der Waals surface area contributed by atoms with Crippen LogP contribution in [0.5, 0.6) is 11.5 Å². The summed E-state index contributed by atoms with van der Waals surface area (Å²) < 4.78 is 11.4. The summed E-state index contributed by atoms with van der Waals surface area (Å²) in [6.07, 6.45) is 0. The molecule has 0 saturated carbocycles. The fourth-order valence-electron chi connectivity index (χ4n) is 3.21. The predicted molar refractivity (Wildman–Crippen MR) is 128 cm³/mol. The smallest absolute Gasteiger partial charge is 0.262 e. The third-order valence-corrected chi connectivity index (χ3v) is 5.00. The summed E-state index contributed by atoms with van der Waals surface area (Å²) in [6, 6.07) is 33.4. The lowest BCUT2D eigenvalue weighted by Gasteiger charge is -2.10. The zero-order valence-corrected chi connectivity index (χ0v) is 18.0. The van der Waals surface area contributed by atoms with Gasteiger partial charge in [0.1, 0.15) is 18.1 Å². The van der Waals surface area contributed by atoms with E-state index in [0.717, 1.165) is 22.4 Å². The van der Waals surface area contributed by atoms with Crippen LogP contribution in [0, 0.1) is 6.92 Å². The van der Waals surface area contributed by atoms with Crippen LogP contribution in [0.25, 0.3) is 11.1 Å². The fourth-order valence-corrected chi connectivity index (χ4v) is 3.21. The zero-order valence-electron chi connectivity index (χ0n) is 18.0. The number of hydrogen-bond donors (Lipinski definition) is 1. The highest BCUT2D eigenvalue weighted by Gasteiger charge is 2.05. The Kier molecular flexibility index (Phi) is 6.83. The highest BCUT2D eigenvalue weighted by atomic mass is 16.5. The highest BCUT2D eigenvalue weighted by Crippen LogP contribution is 2.23. The molecule has 0 radical (unpaired) electrons. The highest BCUT2D eigenvalue weighted by molar-refractivity contribution is 5.91. The number of nitrogens with one attached hydrogen (secondary N) is 1.